The number of ether oxygens (including phenoxy) is 1. The topological polar surface area (TPSA) is 26.3 Å². The van der Waals surface area contributed by atoms with Crippen molar-refractivity contribution in [2.24, 2.45) is 29.6 Å². The van der Waals surface area contributed by atoms with Gasteiger partial charge in [0, 0.05) is 0 Å². The molecule has 0 N–H and O–H groups in total. The van der Waals surface area contributed by atoms with Crippen molar-refractivity contribution in [3.63, 3.8) is 0 Å². The maximum atomic E-state index is 11.6. The summed E-state index contributed by atoms with van der Waals surface area (Å²) in [6, 6.07) is 0. The van der Waals surface area contributed by atoms with Crippen LogP contribution >= 0.6 is 0 Å². The lowest BCUT2D eigenvalue weighted by Gasteiger charge is -2.31. The van der Waals surface area contributed by atoms with Gasteiger partial charge in [-0.2, -0.15) is 0 Å². The molecule has 0 saturated heterocycles. The Morgan fingerprint density at radius 1 is 1.31 bits per heavy atom. The van der Waals surface area contributed by atoms with Crippen molar-refractivity contribution in [2.45, 2.75) is 39.2 Å². The van der Waals surface area contributed by atoms with Crippen LogP contribution in [-0.4, -0.2) is 12.1 Å². The Labute approximate surface area is 97.1 Å². The van der Waals surface area contributed by atoms with Crippen LogP contribution in [0.1, 0.15) is 33.1 Å². The lowest BCUT2D eigenvalue weighted by molar-refractivity contribution is -0.156. The second-order valence-electron chi connectivity index (χ2n) is 5.93. The second-order valence-corrected chi connectivity index (χ2v) is 5.93. The van der Waals surface area contributed by atoms with Gasteiger partial charge in [0.2, 0.25) is 0 Å². The Morgan fingerprint density at radius 3 is 2.88 bits per heavy atom. The van der Waals surface area contributed by atoms with E-state index in [0.29, 0.717) is 5.92 Å². The fourth-order valence-corrected chi connectivity index (χ4v) is 3.92. The number of hydrogen-bond acceptors (Lipinski definition) is 2. The van der Waals surface area contributed by atoms with Crippen molar-refractivity contribution in [3.05, 3.63) is 12.2 Å². The van der Waals surface area contributed by atoms with Gasteiger partial charge in [-0.1, -0.05) is 26.0 Å². The third kappa shape index (κ3) is 1.42. The van der Waals surface area contributed by atoms with Crippen LogP contribution in [0.3, 0.4) is 0 Å². The molecule has 3 aliphatic rings. The van der Waals surface area contributed by atoms with Crippen molar-refractivity contribution in [2.75, 3.05) is 0 Å². The van der Waals surface area contributed by atoms with Gasteiger partial charge in [0.15, 0.2) is 0 Å². The lowest BCUT2D eigenvalue weighted by Crippen LogP contribution is -2.33. The molecule has 2 saturated carbocycles. The highest BCUT2D eigenvalue weighted by Gasteiger charge is 2.53. The third-order valence-corrected chi connectivity index (χ3v) is 4.68. The molecule has 3 aliphatic carbocycles. The number of rotatable bonds is 2. The minimum Gasteiger partial charge on any atom is -0.462 e. The maximum Gasteiger partial charge on any atom is 0.308 e. The van der Waals surface area contributed by atoms with Crippen LogP contribution in [0.15, 0.2) is 12.2 Å². The molecule has 2 fully saturated rings. The van der Waals surface area contributed by atoms with Gasteiger partial charge in [0.1, 0.15) is 6.10 Å². The van der Waals surface area contributed by atoms with E-state index < -0.39 is 0 Å². The smallest absolute Gasteiger partial charge is 0.308 e. The largest absolute Gasteiger partial charge is 0.462 e. The first-order chi connectivity index (χ1) is 7.66. The molecular formula is C14H20O2. The Kier molecular flexibility index (Phi) is 2.34. The lowest BCUT2D eigenvalue weighted by atomic mass is 9.80. The predicted molar refractivity (Wildman–Crippen MR) is 61.7 cm³/mol. The van der Waals surface area contributed by atoms with Crippen molar-refractivity contribution in [3.8, 4) is 0 Å². The van der Waals surface area contributed by atoms with Gasteiger partial charge in [0.05, 0.1) is 5.92 Å². The van der Waals surface area contributed by atoms with Crippen molar-refractivity contribution < 1.29 is 9.53 Å². The Bertz CT molecular complexity index is 332. The quantitative estimate of drug-likeness (QED) is 0.528. The van der Waals surface area contributed by atoms with Crippen molar-refractivity contribution in [1.29, 1.82) is 0 Å². The van der Waals surface area contributed by atoms with Crippen LogP contribution in [-0.2, 0) is 9.53 Å². The van der Waals surface area contributed by atoms with Gasteiger partial charge < -0.3 is 4.74 Å². The average Bonchev–Trinajstić information content (AvgIpc) is 2.87. The summed E-state index contributed by atoms with van der Waals surface area (Å²) in [6.45, 7) is 3.82. The second kappa shape index (κ2) is 3.61. The number of hydrogen-bond donors (Lipinski definition) is 0. The van der Waals surface area contributed by atoms with E-state index in [4.69, 9.17) is 4.74 Å². The Balaban J connectivity index is 1.67. The maximum absolute atomic E-state index is 11.6. The van der Waals surface area contributed by atoms with Crippen LogP contribution in [0.2, 0.25) is 0 Å². The normalized spacial score (nSPS) is 44.1. The molecule has 5 atom stereocenters. The number of carbonyl (C=O) groups is 1. The first-order valence-corrected chi connectivity index (χ1v) is 6.54. The average molecular weight is 220 g/mol. The van der Waals surface area contributed by atoms with Crippen LogP contribution in [0.25, 0.3) is 0 Å². The Morgan fingerprint density at radius 2 is 2.12 bits per heavy atom. The zero-order valence-corrected chi connectivity index (χ0v) is 10.1. The fourth-order valence-electron chi connectivity index (χ4n) is 3.92. The zero-order valence-electron chi connectivity index (χ0n) is 10.1. The number of carbonyl (C=O) groups excluding carboxylic acids is 1. The monoisotopic (exact) mass is 220 g/mol. The molecule has 0 unspecified atom stereocenters. The van der Waals surface area contributed by atoms with E-state index in [9.17, 15) is 4.79 Å². The zero-order chi connectivity index (χ0) is 11.3. The summed E-state index contributed by atoms with van der Waals surface area (Å²) >= 11 is 0. The summed E-state index contributed by atoms with van der Waals surface area (Å²) in [7, 11) is 0. The predicted octanol–water partition coefficient (Wildman–Crippen LogP) is 2.79. The minimum atomic E-state index is -0.0138. The summed E-state index contributed by atoms with van der Waals surface area (Å²) < 4.78 is 5.65. The Hall–Kier alpha value is -0.790. The van der Waals surface area contributed by atoms with Gasteiger partial charge in [-0.25, -0.2) is 0 Å². The van der Waals surface area contributed by atoms with Crippen molar-refractivity contribution >= 4 is 5.97 Å². The molecule has 88 valence electrons. The molecule has 0 heterocycles. The molecule has 16 heavy (non-hydrogen) atoms. The standard InChI is InChI=1S/C14H20O2/c1-8(2)14(15)16-13-7-9-6-12(13)11-5-3-4-10(9)11/h3-4,8-13H,5-7H2,1-2H3/t9-,10+,11-,12-,13+/m0/s1. The van der Waals surface area contributed by atoms with Gasteiger partial charge in [-0.05, 0) is 42.9 Å². The van der Waals surface area contributed by atoms with E-state index in [1.807, 2.05) is 13.8 Å². The number of fused-ring (bicyclic) bond motifs is 5. The molecule has 2 nitrogen and oxygen atoms in total. The van der Waals surface area contributed by atoms with E-state index in [1.54, 1.807) is 0 Å². The van der Waals surface area contributed by atoms with E-state index in [1.165, 1.54) is 12.8 Å². The first-order valence-electron chi connectivity index (χ1n) is 6.54. The first kappa shape index (κ1) is 10.4. The van der Waals surface area contributed by atoms with Gasteiger partial charge in [0.25, 0.3) is 0 Å². The highest BCUT2D eigenvalue weighted by Crippen LogP contribution is 2.57. The number of esters is 1. The summed E-state index contributed by atoms with van der Waals surface area (Å²) in [5, 5.41) is 0. The molecule has 0 aromatic rings. The summed E-state index contributed by atoms with van der Waals surface area (Å²) in [6.07, 6.45) is 8.55. The molecule has 3 rings (SSSR count). The third-order valence-electron chi connectivity index (χ3n) is 4.68. The SMILES string of the molecule is CC(C)C(=O)O[C@@H]1C[C@@H]2C[C@H]1[C@H]1CC=C[C@H]21. The van der Waals surface area contributed by atoms with Crippen LogP contribution in [0, 0.1) is 29.6 Å². The minimum absolute atomic E-state index is 0.0108. The molecule has 0 spiro atoms. The molecule has 0 aromatic heterocycles. The summed E-state index contributed by atoms with van der Waals surface area (Å²) in [5.74, 6) is 3.02. The molecule has 2 heteroatoms. The highest BCUT2D eigenvalue weighted by molar-refractivity contribution is 5.71. The molecular weight excluding hydrogens is 200 g/mol. The van der Waals surface area contributed by atoms with E-state index in [0.717, 1.165) is 24.2 Å². The van der Waals surface area contributed by atoms with E-state index in [-0.39, 0.29) is 18.0 Å². The van der Waals surface area contributed by atoms with Crippen molar-refractivity contribution in [1.82, 2.24) is 0 Å². The van der Waals surface area contributed by atoms with Crippen LogP contribution < -0.4 is 0 Å². The highest BCUT2D eigenvalue weighted by atomic mass is 16.5. The van der Waals surface area contributed by atoms with E-state index in [2.05, 4.69) is 12.2 Å². The number of allylic oxidation sites excluding steroid dienone is 2. The molecule has 0 aliphatic heterocycles. The van der Waals surface area contributed by atoms with Gasteiger partial charge >= 0.3 is 5.97 Å². The summed E-state index contributed by atoms with van der Waals surface area (Å²) in [4.78, 5) is 11.6. The fraction of sp³-hybridized carbons (Fsp3) is 0.786. The van der Waals surface area contributed by atoms with Gasteiger partial charge in [-0.15, -0.1) is 0 Å². The summed E-state index contributed by atoms with van der Waals surface area (Å²) in [5.41, 5.74) is 0. The van der Waals surface area contributed by atoms with Crippen LogP contribution in [0.4, 0.5) is 0 Å². The molecule has 0 amide bonds. The van der Waals surface area contributed by atoms with E-state index >= 15 is 0 Å². The molecule has 0 aromatic carbocycles. The van der Waals surface area contributed by atoms with Crippen LogP contribution in [0.5, 0.6) is 0 Å². The molecule has 0 radical (unpaired) electrons. The van der Waals surface area contributed by atoms with Gasteiger partial charge in [-0.3, -0.25) is 4.79 Å². The molecule has 2 bridgehead atoms.